The minimum absolute atomic E-state index is 0.896. The Morgan fingerprint density at radius 2 is 1.90 bits per heavy atom. The number of anilines is 2. The second kappa shape index (κ2) is 6.91. The third-order valence-electron chi connectivity index (χ3n) is 4.37. The first kappa shape index (κ1) is 15.1. The van der Waals surface area contributed by atoms with Crippen LogP contribution < -0.4 is 10.2 Å². The molecule has 1 aliphatic rings. The molecule has 0 bridgehead atoms. The van der Waals surface area contributed by atoms with E-state index < -0.39 is 0 Å². The van der Waals surface area contributed by atoms with Crippen molar-refractivity contribution in [3.8, 4) is 0 Å². The van der Waals surface area contributed by atoms with Gasteiger partial charge < -0.3 is 10.2 Å². The van der Waals surface area contributed by atoms with Crippen molar-refractivity contribution in [1.82, 2.24) is 9.97 Å². The van der Waals surface area contributed by atoms with Gasteiger partial charge >= 0.3 is 0 Å². The highest BCUT2D eigenvalue weighted by Gasteiger charge is 2.22. The molecular formula is C16H28N4. The van der Waals surface area contributed by atoms with Crippen molar-refractivity contribution in [2.75, 3.05) is 30.4 Å². The fraction of sp³-hybridized carbons (Fsp3) is 0.750. The Hall–Kier alpha value is -1.32. The zero-order valence-electron chi connectivity index (χ0n) is 13.4. The van der Waals surface area contributed by atoms with Gasteiger partial charge in [-0.15, -0.1) is 0 Å². The summed E-state index contributed by atoms with van der Waals surface area (Å²) in [6.07, 6.45) is 5.92. The molecule has 0 radical (unpaired) electrons. The van der Waals surface area contributed by atoms with Crippen molar-refractivity contribution in [3.05, 3.63) is 11.4 Å². The third-order valence-corrected chi connectivity index (χ3v) is 4.37. The van der Waals surface area contributed by atoms with Gasteiger partial charge in [0.2, 0.25) is 0 Å². The molecular weight excluding hydrogens is 248 g/mol. The van der Waals surface area contributed by atoms with Crippen LogP contribution in [-0.4, -0.2) is 30.1 Å². The molecule has 2 rings (SSSR count). The van der Waals surface area contributed by atoms with Crippen molar-refractivity contribution in [1.29, 1.82) is 0 Å². The molecule has 1 aromatic heterocycles. The lowest BCUT2D eigenvalue weighted by Gasteiger charge is -2.33. The first-order valence-electron chi connectivity index (χ1n) is 7.99. The number of hydrogen-bond donors (Lipinski definition) is 1. The van der Waals surface area contributed by atoms with Gasteiger partial charge in [0, 0.05) is 32.1 Å². The Labute approximate surface area is 123 Å². The number of aromatic nitrogens is 2. The van der Waals surface area contributed by atoms with Crippen LogP contribution in [0.3, 0.4) is 0 Å². The van der Waals surface area contributed by atoms with E-state index in [2.05, 4.69) is 36.0 Å². The lowest BCUT2D eigenvalue weighted by atomic mass is 9.94. The van der Waals surface area contributed by atoms with Crippen molar-refractivity contribution in [2.45, 2.75) is 52.9 Å². The summed E-state index contributed by atoms with van der Waals surface area (Å²) >= 11 is 0. The first-order chi connectivity index (χ1) is 9.69. The molecule has 0 aliphatic carbocycles. The summed E-state index contributed by atoms with van der Waals surface area (Å²) in [6, 6.07) is 0. The largest absolute Gasteiger partial charge is 0.373 e. The van der Waals surface area contributed by atoms with Gasteiger partial charge in [-0.3, -0.25) is 0 Å². The highest BCUT2D eigenvalue weighted by atomic mass is 15.2. The second-order valence-electron chi connectivity index (χ2n) is 5.78. The molecule has 4 heteroatoms. The molecule has 112 valence electrons. The van der Waals surface area contributed by atoms with Crippen LogP contribution in [0.1, 0.15) is 50.9 Å². The van der Waals surface area contributed by atoms with Crippen LogP contribution >= 0.6 is 0 Å². The van der Waals surface area contributed by atoms with E-state index in [1.165, 1.54) is 24.8 Å². The molecule has 4 nitrogen and oxygen atoms in total. The molecule has 0 amide bonds. The lowest BCUT2D eigenvalue weighted by molar-refractivity contribution is 0.393. The summed E-state index contributed by atoms with van der Waals surface area (Å²) in [5.41, 5.74) is 1.18. The summed E-state index contributed by atoms with van der Waals surface area (Å²) in [5.74, 6) is 3.99. The smallest absolute Gasteiger partial charge is 0.137 e. The standard InChI is InChI=1S/C16H28N4/c1-5-7-14-18-15(17-4)12(3)16(19-14)20-10-8-13(6-2)9-11-20/h13H,5-11H2,1-4H3,(H,17,18,19). The number of nitrogens with one attached hydrogen (secondary N) is 1. The van der Waals surface area contributed by atoms with Crippen molar-refractivity contribution in [3.63, 3.8) is 0 Å². The number of nitrogens with zero attached hydrogens (tertiary/aromatic N) is 3. The molecule has 1 saturated heterocycles. The number of aryl methyl sites for hydroxylation is 1. The van der Waals surface area contributed by atoms with E-state index in [1.807, 2.05) is 7.05 Å². The van der Waals surface area contributed by atoms with Gasteiger partial charge in [-0.1, -0.05) is 20.3 Å². The van der Waals surface area contributed by atoms with Crippen LogP contribution in [0.4, 0.5) is 11.6 Å². The predicted octanol–water partition coefficient (Wildman–Crippen LogP) is 3.41. The predicted molar refractivity (Wildman–Crippen MR) is 85.5 cm³/mol. The molecule has 1 N–H and O–H groups in total. The van der Waals surface area contributed by atoms with Crippen molar-refractivity contribution < 1.29 is 0 Å². The van der Waals surface area contributed by atoms with E-state index in [1.54, 1.807) is 0 Å². The Morgan fingerprint density at radius 1 is 1.20 bits per heavy atom. The molecule has 1 fully saturated rings. The molecule has 0 spiro atoms. The van der Waals surface area contributed by atoms with Crippen LogP contribution in [-0.2, 0) is 6.42 Å². The van der Waals surface area contributed by atoms with E-state index in [4.69, 9.17) is 4.98 Å². The Bertz CT molecular complexity index is 436. The quantitative estimate of drug-likeness (QED) is 0.895. The second-order valence-corrected chi connectivity index (χ2v) is 5.78. The van der Waals surface area contributed by atoms with Crippen LogP contribution in [0.15, 0.2) is 0 Å². The van der Waals surface area contributed by atoms with Gasteiger partial charge in [0.25, 0.3) is 0 Å². The van der Waals surface area contributed by atoms with Gasteiger partial charge in [-0.2, -0.15) is 0 Å². The van der Waals surface area contributed by atoms with Crippen LogP contribution in [0.5, 0.6) is 0 Å². The minimum Gasteiger partial charge on any atom is -0.373 e. The maximum Gasteiger partial charge on any atom is 0.137 e. The summed E-state index contributed by atoms with van der Waals surface area (Å²) in [6.45, 7) is 8.86. The van der Waals surface area contributed by atoms with Gasteiger partial charge in [-0.05, 0) is 32.1 Å². The molecule has 1 aromatic rings. The van der Waals surface area contributed by atoms with E-state index in [-0.39, 0.29) is 0 Å². The highest BCUT2D eigenvalue weighted by Crippen LogP contribution is 2.28. The summed E-state index contributed by atoms with van der Waals surface area (Å²) in [7, 11) is 1.94. The maximum atomic E-state index is 4.82. The molecule has 0 aromatic carbocycles. The first-order valence-corrected chi connectivity index (χ1v) is 7.99. The van der Waals surface area contributed by atoms with Crippen molar-refractivity contribution in [2.24, 2.45) is 5.92 Å². The highest BCUT2D eigenvalue weighted by molar-refractivity contribution is 5.58. The average molecular weight is 276 g/mol. The Morgan fingerprint density at radius 3 is 2.45 bits per heavy atom. The summed E-state index contributed by atoms with van der Waals surface area (Å²) in [4.78, 5) is 11.9. The van der Waals surface area contributed by atoms with Crippen LogP contribution in [0, 0.1) is 12.8 Å². The van der Waals surface area contributed by atoms with Gasteiger partial charge in [0.1, 0.15) is 17.5 Å². The van der Waals surface area contributed by atoms with Crippen LogP contribution in [0.2, 0.25) is 0 Å². The number of piperidine rings is 1. The van der Waals surface area contributed by atoms with Crippen LogP contribution in [0.25, 0.3) is 0 Å². The lowest BCUT2D eigenvalue weighted by Crippen LogP contribution is -2.35. The van der Waals surface area contributed by atoms with Gasteiger partial charge in [-0.25, -0.2) is 9.97 Å². The molecule has 0 unspecified atom stereocenters. The summed E-state index contributed by atoms with van der Waals surface area (Å²) in [5, 5.41) is 3.22. The fourth-order valence-electron chi connectivity index (χ4n) is 2.99. The topological polar surface area (TPSA) is 41.1 Å². The maximum absolute atomic E-state index is 4.82. The monoisotopic (exact) mass is 276 g/mol. The zero-order valence-corrected chi connectivity index (χ0v) is 13.4. The molecule has 2 heterocycles. The van der Waals surface area contributed by atoms with E-state index in [0.717, 1.165) is 49.3 Å². The molecule has 20 heavy (non-hydrogen) atoms. The third kappa shape index (κ3) is 3.22. The molecule has 0 atom stereocenters. The van der Waals surface area contributed by atoms with Gasteiger partial charge in [0.15, 0.2) is 0 Å². The Balaban J connectivity index is 2.23. The SMILES string of the molecule is CCCc1nc(NC)c(C)c(N2CCC(CC)CC2)n1. The summed E-state index contributed by atoms with van der Waals surface area (Å²) < 4.78 is 0. The van der Waals surface area contributed by atoms with E-state index in [0.29, 0.717) is 0 Å². The van der Waals surface area contributed by atoms with E-state index >= 15 is 0 Å². The number of hydrogen-bond acceptors (Lipinski definition) is 4. The Kier molecular flexibility index (Phi) is 5.21. The minimum atomic E-state index is 0.896. The molecule has 0 saturated carbocycles. The molecule has 1 aliphatic heterocycles. The van der Waals surface area contributed by atoms with Gasteiger partial charge in [0.05, 0.1) is 0 Å². The average Bonchev–Trinajstić information content (AvgIpc) is 2.49. The van der Waals surface area contributed by atoms with Crippen molar-refractivity contribution >= 4 is 11.6 Å². The normalized spacial score (nSPS) is 16.5. The fourth-order valence-corrected chi connectivity index (χ4v) is 2.99. The number of rotatable bonds is 5. The van der Waals surface area contributed by atoms with E-state index in [9.17, 15) is 0 Å². The zero-order chi connectivity index (χ0) is 14.5.